The van der Waals surface area contributed by atoms with Gasteiger partial charge in [0.15, 0.2) is 0 Å². The van der Waals surface area contributed by atoms with Crippen molar-refractivity contribution in [3.8, 4) is 0 Å². The SMILES string of the molecule is Cc1cc(C)n(CCC(=O)NC(c2ccccc2)c2ccc3nc[nH]c3c2)n1. The monoisotopic (exact) mass is 373 g/mol. The van der Waals surface area contributed by atoms with E-state index in [1.807, 2.05) is 73.1 Å². The van der Waals surface area contributed by atoms with Crippen LogP contribution in [-0.4, -0.2) is 25.7 Å². The Morgan fingerprint density at radius 1 is 1.11 bits per heavy atom. The number of carbonyl (C=O) groups is 1. The zero-order valence-electron chi connectivity index (χ0n) is 16.0. The topological polar surface area (TPSA) is 75.6 Å². The molecule has 1 unspecified atom stereocenters. The maximum absolute atomic E-state index is 12.7. The Morgan fingerprint density at radius 2 is 1.93 bits per heavy atom. The van der Waals surface area contributed by atoms with Gasteiger partial charge in [0, 0.05) is 18.7 Å². The highest BCUT2D eigenvalue weighted by Gasteiger charge is 2.18. The van der Waals surface area contributed by atoms with Crippen LogP contribution in [0.2, 0.25) is 0 Å². The summed E-state index contributed by atoms with van der Waals surface area (Å²) >= 11 is 0. The third-order valence-corrected chi connectivity index (χ3v) is 4.87. The van der Waals surface area contributed by atoms with Crippen molar-refractivity contribution in [2.45, 2.75) is 32.9 Å². The first-order valence-corrected chi connectivity index (χ1v) is 9.38. The molecule has 2 N–H and O–H groups in total. The average Bonchev–Trinajstić information content (AvgIpc) is 3.30. The van der Waals surface area contributed by atoms with Crippen molar-refractivity contribution in [2.24, 2.45) is 0 Å². The minimum absolute atomic E-state index is 0.00823. The molecule has 6 nitrogen and oxygen atoms in total. The van der Waals surface area contributed by atoms with E-state index in [1.54, 1.807) is 6.33 Å². The van der Waals surface area contributed by atoms with Crippen LogP contribution in [0.1, 0.15) is 35.0 Å². The van der Waals surface area contributed by atoms with Crippen LogP contribution in [0.5, 0.6) is 0 Å². The summed E-state index contributed by atoms with van der Waals surface area (Å²) in [5.74, 6) is -0.00823. The lowest BCUT2D eigenvalue weighted by Gasteiger charge is -2.20. The molecule has 0 aliphatic carbocycles. The van der Waals surface area contributed by atoms with E-state index in [0.29, 0.717) is 13.0 Å². The number of hydrogen-bond donors (Lipinski definition) is 2. The van der Waals surface area contributed by atoms with Crippen LogP contribution in [0.3, 0.4) is 0 Å². The predicted octanol–water partition coefficient (Wildman–Crippen LogP) is 3.67. The van der Waals surface area contributed by atoms with Gasteiger partial charge in [-0.2, -0.15) is 5.10 Å². The zero-order valence-corrected chi connectivity index (χ0v) is 16.0. The lowest BCUT2D eigenvalue weighted by atomic mass is 9.98. The molecule has 0 saturated carbocycles. The Morgan fingerprint density at radius 3 is 2.68 bits per heavy atom. The number of rotatable bonds is 6. The van der Waals surface area contributed by atoms with E-state index in [4.69, 9.17) is 0 Å². The number of H-pyrrole nitrogens is 1. The van der Waals surface area contributed by atoms with Gasteiger partial charge in [-0.3, -0.25) is 9.48 Å². The van der Waals surface area contributed by atoms with E-state index in [1.165, 1.54) is 0 Å². The Labute approximate surface area is 163 Å². The molecule has 2 heterocycles. The van der Waals surface area contributed by atoms with Gasteiger partial charge in [-0.15, -0.1) is 0 Å². The standard InChI is InChI=1S/C22H23N5O/c1-15-12-16(2)27(26-15)11-10-21(28)25-22(17-6-4-3-5-7-17)18-8-9-19-20(13-18)24-14-23-19/h3-9,12-14,22H,10-11H2,1-2H3,(H,23,24)(H,25,28). The van der Waals surface area contributed by atoms with E-state index >= 15 is 0 Å². The summed E-state index contributed by atoms with van der Waals surface area (Å²) in [5.41, 5.74) is 5.95. The molecule has 0 spiro atoms. The summed E-state index contributed by atoms with van der Waals surface area (Å²) in [5, 5.41) is 7.62. The van der Waals surface area contributed by atoms with E-state index in [0.717, 1.165) is 33.5 Å². The van der Waals surface area contributed by atoms with Gasteiger partial charge in [-0.1, -0.05) is 36.4 Å². The molecule has 142 valence electrons. The largest absolute Gasteiger partial charge is 0.345 e. The van der Waals surface area contributed by atoms with Crippen molar-refractivity contribution < 1.29 is 4.79 Å². The Hall–Kier alpha value is -3.41. The molecule has 0 radical (unpaired) electrons. The third kappa shape index (κ3) is 3.81. The molecule has 0 aliphatic heterocycles. The number of hydrogen-bond acceptors (Lipinski definition) is 3. The second-order valence-electron chi connectivity index (χ2n) is 6.99. The number of fused-ring (bicyclic) bond motifs is 1. The van der Waals surface area contributed by atoms with Crippen molar-refractivity contribution in [1.82, 2.24) is 25.1 Å². The van der Waals surface area contributed by atoms with Crippen LogP contribution in [-0.2, 0) is 11.3 Å². The first kappa shape index (κ1) is 18.0. The van der Waals surface area contributed by atoms with Crippen molar-refractivity contribution >= 4 is 16.9 Å². The molecule has 0 bridgehead atoms. The maximum atomic E-state index is 12.7. The van der Waals surface area contributed by atoms with E-state index in [2.05, 4.69) is 20.4 Å². The van der Waals surface area contributed by atoms with Gasteiger partial charge in [-0.25, -0.2) is 4.98 Å². The number of aryl methyl sites for hydroxylation is 3. The zero-order chi connectivity index (χ0) is 19.5. The van der Waals surface area contributed by atoms with Gasteiger partial charge in [0.05, 0.1) is 29.1 Å². The van der Waals surface area contributed by atoms with Gasteiger partial charge in [0.1, 0.15) is 0 Å². The molecule has 2 aromatic heterocycles. The number of amides is 1. The summed E-state index contributed by atoms with van der Waals surface area (Å²) in [6.07, 6.45) is 2.05. The third-order valence-electron chi connectivity index (χ3n) is 4.87. The molecule has 0 fully saturated rings. The van der Waals surface area contributed by atoms with Crippen molar-refractivity contribution in [3.63, 3.8) is 0 Å². The Bertz CT molecular complexity index is 1100. The van der Waals surface area contributed by atoms with E-state index < -0.39 is 0 Å². The minimum Gasteiger partial charge on any atom is -0.345 e. The summed E-state index contributed by atoms with van der Waals surface area (Å²) in [6, 6.07) is 17.8. The molecule has 0 saturated heterocycles. The lowest BCUT2D eigenvalue weighted by Crippen LogP contribution is -2.30. The summed E-state index contributed by atoms with van der Waals surface area (Å²) in [4.78, 5) is 20.1. The second-order valence-corrected chi connectivity index (χ2v) is 6.99. The van der Waals surface area contributed by atoms with Gasteiger partial charge < -0.3 is 10.3 Å². The van der Waals surface area contributed by atoms with E-state index in [-0.39, 0.29) is 11.9 Å². The molecule has 1 amide bonds. The molecule has 1 atom stereocenters. The molecule has 4 rings (SSSR count). The van der Waals surface area contributed by atoms with Crippen molar-refractivity contribution in [2.75, 3.05) is 0 Å². The normalized spacial score (nSPS) is 12.2. The predicted molar refractivity (Wildman–Crippen MR) is 109 cm³/mol. The molecule has 0 aliphatic rings. The fraction of sp³-hybridized carbons (Fsp3) is 0.227. The summed E-state index contributed by atoms with van der Waals surface area (Å²) in [7, 11) is 0. The van der Waals surface area contributed by atoms with Crippen LogP contribution in [0, 0.1) is 13.8 Å². The average molecular weight is 373 g/mol. The number of aromatic amines is 1. The molecule has 28 heavy (non-hydrogen) atoms. The minimum atomic E-state index is -0.221. The van der Waals surface area contributed by atoms with Crippen LogP contribution in [0.25, 0.3) is 11.0 Å². The maximum Gasteiger partial charge on any atom is 0.222 e. The fourth-order valence-corrected chi connectivity index (χ4v) is 3.48. The number of carbonyl (C=O) groups excluding carboxylic acids is 1. The van der Waals surface area contributed by atoms with E-state index in [9.17, 15) is 4.79 Å². The van der Waals surface area contributed by atoms with Crippen LogP contribution in [0.15, 0.2) is 60.9 Å². The van der Waals surface area contributed by atoms with Crippen LogP contribution in [0.4, 0.5) is 0 Å². The fourth-order valence-electron chi connectivity index (χ4n) is 3.48. The number of nitrogens with one attached hydrogen (secondary N) is 2. The first-order valence-electron chi connectivity index (χ1n) is 9.38. The van der Waals surface area contributed by atoms with Crippen LogP contribution < -0.4 is 5.32 Å². The number of benzene rings is 2. The first-order chi connectivity index (χ1) is 13.6. The summed E-state index contributed by atoms with van der Waals surface area (Å²) < 4.78 is 1.88. The molecule has 4 aromatic rings. The van der Waals surface area contributed by atoms with Gasteiger partial charge in [0.2, 0.25) is 5.91 Å². The van der Waals surface area contributed by atoms with Crippen molar-refractivity contribution in [1.29, 1.82) is 0 Å². The highest BCUT2D eigenvalue weighted by Crippen LogP contribution is 2.24. The Balaban J connectivity index is 1.55. The van der Waals surface area contributed by atoms with Crippen LogP contribution >= 0.6 is 0 Å². The second kappa shape index (κ2) is 7.68. The van der Waals surface area contributed by atoms with Crippen molar-refractivity contribution in [3.05, 3.63) is 83.4 Å². The molecular formula is C22H23N5O. The lowest BCUT2D eigenvalue weighted by molar-refractivity contribution is -0.121. The Kier molecular flexibility index (Phi) is 4.93. The molecular weight excluding hydrogens is 350 g/mol. The quantitative estimate of drug-likeness (QED) is 0.541. The van der Waals surface area contributed by atoms with Gasteiger partial charge in [-0.05, 0) is 43.2 Å². The highest BCUT2D eigenvalue weighted by atomic mass is 16.1. The summed E-state index contributed by atoms with van der Waals surface area (Å²) in [6.45, 7) is 4.53. The van der Waals surface area contributed by atoms with Gasteiger partial charge >= 0.3 is 0 Å². The number of aromatic nitrogens is 4. The number of imidazole rings is 1. The highest BCUT2D eigenvalue weighted by molar-refractivity contribution is 5.78. The molecule has 2 aromatic carbocycles. The number of nitrogens with zero attached hydrogens (tertiary/aromatic N) is 3. The molecule has 6 heteroatoms. The van der Waals surface area contributed by atoms with Gasteiger partial charge in [0.25, 0.3) is 0 Å². The smallest absolute Gasteiger partial charge is 0.222 e.